The monoisotopic (exact) mass is 359 g/mol. The molecule has 3 heterocycles. The van der Waals surface area contributed by atoms with Gasteiger partial charge in [0.05, 0.1) is 6.20 Å². The van der Waals surface area contributed by atoms with E-state index < -0.39 is 0 Å². The molecule has 0 spiro atoms. The van der Waals surface area contributed by atoms with Crippen LogP contribution in [0.4, 0.5) is 0 Å². The number of aromatic nitrogens is 2. The summed E-state index contributed by atoms with van der Waals surface area (Å²) in [6.45, 7) is 1.53. The molecule has 5 rings (SSSR count). The minimum Gasteiger partial charge on any atom is -0.488 e. The van der Waals surface area contributed by atoms with Gasteiger partial charge in [-0.1, -0.05) is 24.3 Å². The molecule has 2 fully saturated rings. The number of nitrogens with zero attached hydrogens (tertiary/aromatic N) is 3. The molecule has 1 aliphatic heterocycles. The molecule has 3 aromatic rings. The lowest BCUT2D eigenvalue weighted by molar-refractivity contribution is 0.0758. The Morgan fingerprint density at radius 2 is 1.96 bits per heavy atom. The number of benzene rings is 1. The van der Waals surface area contributed by atoms with Crippen molar-refractivity contribution in [2.45, 2.75) is 18.9 Å². The number of rotatable bonds is 3. The maximum absolute atomic E-state index is 13.2. The van der Waals surface area contributed by atoms with E-state index in [1.807, 2.05) is 47.4 Å². The van der Waals surface area contributed by atoms with Crippen LogP contribution in [0.15, 0.2) is 61.1 Å². The number of hydrogen-bond acceptors (Lipinski definition) is 4. The maximum atomic E-state index is 13.2. The number of fused-ring (bicyclic) bond motifs is 2. The van der Waals surface area contributed by atoms with E-state index in [0.29, 0.717) is 17.5 Å². The van der Waals surface area contributed by atoms with Gasteiger partial charge in [-0.05, 0) is 42.3 Å². The standard InChI is InChI=1S/C22H21N3O2/c26-22(21-18-6-2-1-4-15(18)9-11-24-21)25-13-16-7-8-20(19(16)14-25)27-17-5-3-10-23-12-17/h1-6,9-12,16,19-20H,7-8,13-14H2/t16-,19+,20+/m1/s1. The van der Waals surface area contributed by atoms with E-state index in [1.54, 1.807) is 18.6 Å². The van der Waals surface area contributed by atoms with Gasteiger partial charge in [0.15, 0.2) is 0 Å². The van der Waals surface area contributed by atoms with Crippen molar-refractivity contribution < 1.29 is 9.53 Å². The van der Waals surface area contributed by atoms with Crippen LogP contribution in [0.1, 0.15) is 23.3 Å². The third-order valence-corrected chi connectivity index (χ3v) is 5.88. The minimum atomic E-state index is 0.0290. The zero-order chi connectivity index (χ0) is 18.2. The molecule has 2 aromatic heterocycles. The first-order valence-electron chi connectivity index (χ1n) is 9.49. The van der Waals surface area contributed by atoms with Crippen LogP contribution in [0.2, 0.25) is 0 Å². The first-order chi connectivity index (χ1) is 13.3. The second-order valence-corrected chi connectivity index (χ2v) is 7.44. The molecule has 1 aromatic carbocycles. The summed E-state index contributed by atoms with van der Waals surface area (Å²) in [5.41, 5.74) is 0.554. The molecule has 1 amide bonds. The van der Waals surface area contributed by atoms with Crippen molar-refractivity contribution in [1.29, 1.82) is 0 Å². The number of amides is 1. The van der Waals surface area contributed by atoms with E-state index in [4.69, 9.17) is 4.74 Å². The summed E-state index contributed by atoms with van der Waals surface area (Å²) in [4.78, 5) is 23.7. The number of carbonyl (C=O) groups is 1. The van der Waals surface area contributed by atoms with Gasteiger partial charge in [-0.3, -0.25) is 14.8 Å². The predicted molar refractivity (Wildman–Crippen MR) is 103 cm³/mol. The van der Waals surface area contributed by atoms with Gasteiger partial charge in [-0.25, -0.2) is 0 Å². The molecule has 1 saturated heterocycles. The van der Waals surface area contributed by atoms with Crippen molar-refractivity contribution in [2.24, 2.45) is 11.8 Å². The van der Waals surface area contributed by atoms with E-state index in [1.165, 1.54) is 0 Å². The highest BCUT2D eigenvalue weighted by atomic mass is 16.5. The number of pyridine rings is 2. The lowest BCUT2D eigenvalue weighted by Crippen LogP contribution is -2.33. The largest absolute Gasteiger partial charge is 0.488 e. The maximum Gasteiger partial charge on any atom is 0.273 e. The van der Waals surface area contributed by atoms with Gasteiger partial charge in [-0.2, -0.15) is 0 Å². The van der Waals surface area contributed by atoms with Crippen LogP contribution in [0.25, 0.3) is 10.8 Å². The third kappa shape index (κ3) is 2.93. The quantitative estimate of drug-likeness (QED) is 0.717. The molecule has 136 valence electrons. The first-order valence-corrected chi connectivity index (χ1v) is 9.49. The lowest BCUT2D eigenvalue weighted by Gasteiger charge is -2.22. The molecule has 5 heteroatoms. The molecule has 2 aliphatic rings. The Bertz CT molecular complexity index is 970. The van der Waals surface area contributed by atoms with Crippen molar-refractivity contribution in [3.8, 4) is 5.75 Å². The highest BCUT2D eigenvalue weighted by molar-refractivity contribution is 6.05. The minimum absolute atomic E-state index is 0.0290. The van der Waals surface area contributed by atoms with Gasteiger partial charge >= 0.3 is 0 Å². The van der Waals surface area contributed by atoms with Crippen LogP contribution in [0.3, 0.4) is 0 Å². The fourth-order valence-electron chi connectivity index (χ4n) is 4.56. The van der Waals surface area contributed by atoms with Crippen molar-refractivity contribution in [3.05, 3.63) is 66.7 Å². The smallest absolute Gasteiger partial charge is 0.273 e. The molecule has 1 saturated carbocycles. The van der Waals surface area contributed by atoms with Gasteiger partial charge in [0.25, 0.3) is 5.91 Å². The third-order valence-electron chi connectivity index (χ3n) is 5.88. The topological polar surface area (TPSA) is 55.3 Å². The Morgan fingerprint density at radius 3 is 2.85 bits per heavy atom. The summed E-state index contributed by atoms with van der Waals surface area (Å²) in [5, 5.41) is 1.97. The summed E-state index contributed by atoms with van der Waals surface area (Å²) in [6.07, 6.45) is 7.52. The molecule has 0 bridgehead atoms. The molecule has 27 heavy (non-hydrogen) atoms. The first kappa shape index (κ1) is 16.2. The molecular weight excluding hydrogens is 338 g/mol. The summed E-state index contributed by atoms with van der Waals surface area (Å²) in [6, 6.07) is 13.7. The number of carbonyl (C=O) groups excluding carboxylic acids is 1. The zero-order valence-electron chi connectivity index (χ0n) is 15.0. The second-order valence-electron chi connectivity index (χ2n) is 7.44. The van der Waals surface area contributed by atoms with Crippen LogP contribution in [-0.2, 0) is 0 Å². The normalized spacial score (nSPS) is 24.1. The molecule has 0 N–H and O–H groups in total. The van der Waals surface area contributed by atoms with Gasteiger partial charge in [-0.15, -0.1) is 0 Å². The fourth-order valence-corrected chi connectivity index (χ4v) is 4.56. The van der Waals surface area contributed by atoms with Crippen LogP contribution < -0.4 is 4.74 Å². The Morgan fingerprint density at radius 1 is 1.04 bits per heavy atom. The molecule has 1 aliphatic carbocycles. The number of hydrogen-bond donors (Lipinski definition) is 0. The lowest BCUT2D eigenvalue weighted by atomic mass is 9.99. The van der Waals surface area contributed by atoms with E-state index in [2.05, 4.69) is 9.97 Å². The Balaban J connectivity index is 1.35. The van der Waals surface area contributed by atoms with Gasteiger partial charge in [0.1, 0.15) is 17.5 Å². The second kappa shape index (κ2) is 6.65. The number of likely N-dealkylation sites (tertiary alicyclic amines) is 1. The summed E-state index contributed by atoms with van der Waals surface area (Å²) in [7, 11) is 0. The average molecular weight is 359 g/mol. The van der Waals surface area contributed by atoms with Crippen LogP contribution in [0, 0.1) is 11.8 Å². The van der Waals surface area contributed by atoms with Gasteiger partial charge < -0.3 is 9.64 Å². The molecule has 0 unspecified atom stereocenters. The van der Waals surface area contributed by atoms with Crippen LogP contribution >= 0.6 is 0 Å². The Kier molecular flexibility index (Phi) is 4.00. The summed E-state index contributed by atoms with van der Waals surface area (Å²) < 4.78 is 6.18. The van der Waals surface area contributed by atoms with Crippen molar-refractivity contribution >= 4 is 16.7 Å². The zero-order valence-corrected chi connectivity index (χ0v) is 15.0. The highest BCUT2D eigenvalue weighted by Gasteiger charge is 2.45. The fraction of sp³-hybridized carbons (Fsp3) is 0.318. The van der Waals surface area contributed by atoms with Crippen molar-refractivity contribution in [1.82, 2.24) is 14.9 Å². The summed E-state index contributed by atoms with van der Waals surface area (Å²) in [5.74, 6) is 1.72. The SMILES string of the molecule is O=C(c1nccc2ccccc12)N1C[C@H]2CC[C@H](Oc3cccnc3)[C@H]2C1. The van der Waals surface area contributed by atoms with Crippen LogP contribution in [-0.4, -0.2) is 40.0 Å². The van der Waals surface area contributed by atoms with E-state index >= 15 is 0 Å². The predicted octanol–water partition coefficient (Wildman–Crippen LogP) is 3.56. The van der Waals surface area contributed by atoms with Gasteiger partial charge in [0, 0.05) is 36.8 Å². The Hall–Kier alpha value is -2.95. The van der Waals surface area contributed by atoms with Gasteiger partial charge in [0.2, 0.25) is 0 Å². The highest BCUT2D eigenvalue weighted by Crippen LogP contribution is 2.40. The van der Waals surface area contributed by atoms with Crippen LogP contribution in [0.5, 0.6) is 5.75 Å². The van der Waals surface area contributed by atoms with E-state index in [-0.39, 0.29) is 12.0 Å². The average Bonchev–Trinajstić information content (AvgIpc) is 3.30. The summed E-state index contributed by atoms with van der Waals surface area (Å²) >= 11 is 0. The Labute approximate surface area is 158 Å². The van der Waals surface area contributed by atoms with E-state index in [9.17, 15) is 4.79 Å². The van der Waals surface area contributed by atoms with E-state index in [0.717, 1.165) is 42.5 Å². The molecule has 0 radical (unpaired) electrons. The van der Waals surface area contributed by atoms with Crippen molar-refractivity contribution in [3.63, 3.8) is 0 Å². The molecular formula is C22H21N3O2. The number of ether oxygens (including phenoxy) is 1. The van der Waals surface area contributed by atoms with Crippen molar-refractivity contribution in [2.75, 3.05) is 13.1 Å². The molecule has 3 atom stereocenters. The molecule has 5 nitrogen and oxygen atoms in total.